The van der Waals surface area contributed by atoms with Crippen molar-refractivity contribution in [2.75, 3.05) is 32.7 Å². The molecule has 1 fully saturated rings. The van der Waals surface area contributed by atoms with Crippen LogP contribution in [0.2, 0.25) is 0 Å². The molecule has 1 saturated heterocycles. The molecule has 2 aromatic rings. The van der Waals surface area contributed by atoms with Crippen LogP contribution in [0, 0.1) is 11.6 Å². The highest BCUT2D eigenvalue weighted by molar-refractivity contribution is 5.74. The summed E-state index contributed by atoms with van der Waals surface area (Å²) in [7, 11) is 1.86. The lowest BCUT2D eigenvalue weighted by atomic mass is 10.2. The number of amides is 2. The number of carbonyl (C=O) groups is 1. The maximum Gasteiger partial charge on any atom is 0.317 e. The molecule has 0 saturated carbocycles. The van der Waals surface area contributed by atoms with Gasteiger partial charge in [-0.05, 0) is 29.7 Å². The van der Waals surface area contributed by atoms with Crippen molar-refractivity contribution >= 4 is 6.03 Å². The fourth-order valence-corrected chi connectivity index (χ4v) is 3.10. The number of nitrogens with one attached hydrogen (secondary N) is 1. The minimum atomic E-state index is -0.563. The monoisotopic (exact) mass is 363 g/mol. The molecular weight excluding hydrogens is 340 g/mol. The summed E-state index contributed by atoms with van der Waals surface area (Å²) in [5.41, 5.74) is 1.69. The van der Waals surface area contributed by atoms with E-state index in [0.29, 0.717) is 44.8 Å². The number of piperazine rings is 1. The number of aryl methyl sites for hydroxylation is 1. The number of nitrogens with zero attached hydrogens (tertiary/aromatic N) is 4. The molecule has 26 heavy (non-hydrogen) atoms. The molecule has 3 rings (SSSR count). The molecule has 1 aromatic heterocycles. The van der Waals surface area contributed by atoms with Crippen molar-refractivity contribution in [1.82, 2.24) is 24.9 Å². The van der Waals surface area contributed by atoms with E-state index in [0.717, 1.165) is 18.1 Å². The molecule has 1 aliphatic rings. The van der Waals surface area contributed by atoms with Gasteiger partial charge in [-0.2, -0.15) is 5.10 Å². The van der Waals surface area contributed by atoms with E-state index in [9.17, 15) is 13.6 Å². The average molecular weight is 363 g/mol. The zero-order chi connectivity index (χ0) is 18.5. The van der Waals surface area contributed by atoms with Gasteiger partial charge in [-0.1, -0.05) is 0 Å². The van der Waals surface area contributed by atoms with E-state index in [-0.39, 0.29) is 6.03 Å². The maximum absolute atomic E-state index is 13.3. The fraction of sp³-hybridized carbons (Fsp3) is 0.444. The molecular formula is C18H23F2N5O. The standard InChI is InChI=1S/C18H23F2N5O/c1-23-12-14(11-22-23)2-3-21-18(26)25-6-4-24(5-7-25)13-15-8-16(19)10-17(20)9-15/h8-12H,2-7,13H2,1H3,(H,21,26). The first-order chi connectivity index (χ1) is 12.5. The minimum absolute atomic E-state index is 0.0784. The Labute approximate surface area is 151 Å². The lowest BCUT2D eigenvalue weighted by Gasteiger charge is -2.34. The van der Waals surface area contributed by atoms with Crippen molar-refractivity contribution in [1.29, 1.82) is 0 Å². The topological polar surface area (TPSA) is 53.4 Å². The fourth-order valence-electron chi connectivity index (χ4n) is 3.10. The highest BCUT2D eigenvalue weighted by Gasteiger charge is 2.21. The number of benzene rings is 1. The van der Waals surface area contributed by atoms with Crippen molar-refractivity contribution in [2.24, 2.45) is 7.05 Å². The van der Waals surface area contributed by atoms with Crippen LogP contribution < -0.4 is 5.32 Å². The highest BCUT2D eigenvalue weighted by Crippen LogP contribution is 2.12. The zero-order valence-corrected chi connectivity index (χ0v) is 14.8. The highest BCUT2D eigenvalue weighted by atomic mass is 19.1. The Kier molecular flexibility index (Phi) is 5.82. The van der Waals surface area contributed by atoms with Gasteiger partial charge in [0.05, 0.1) is 6.20 Å². The first kappa shape index (κ1) is 18.3. The molecule has 0 bridgehead atoms. The van der Waals surface area contributed by atoms with Gasteiger partial charge in [0.25, 0.3) is 0 Å². The van der Waals surface area contributed by atoms with Gasteiger partial charge in [0, 0.05) is 58.6 Å². The van der Waals surface area contributed by atoms with Crippen LogP contribution in [-0.2, 0) is 20.0 Å². The molecule has 1 N–H and O–H groups in total. The Hall–Kier alpha value is -2.48. The van der Waals surface area contributed by atoms with E-state index >= 15 is 0 Å². The van der Waals surface area contributed by atoms with Gasteiger partial charge < -0.3 is 10.2 Å². The number of carbonyl (C=O) groups excluding carboxylic acids is 1. The SMILES string of the molecule is Cn1cc(CCNC(=O)N2CCN(Cc3cc(F)cc(F)c3)CC2)cn1. The van der Waals surface area contributed by atoms with Crippen LogP contribution in [0.25, 0.3) is 0 Å². The van der Waals surface area contributed by atoms with Crippen molar-refractivity contribution in [3.63, 3.8) is 0 Å². The summed E-state index contributed by atoms with van der Waals surface area (Å²) < 4.78 is 28.3. The minimum Gasteiger partial charge on any atom is -0.338 e. The molecule has 0 spiro atoms. The first-order valence-electron chi connectivity index (χ1n) is 8.67. The zero-order valence-electron chi connectivity index (χ0n) is 14.8. The van der Waals surface area contributed by atoms with Crippen LogP contribution in [0.3, 0.4) is 0 Å². The van der Waals surface area contributed by atoms with E-state index in [1.807, 2.05) is 13.2 Å². The predicted molar refractivity (Wildman–Crippen MR) is 93.5 cm³/mol. The van der Waals surface area contributed by atoms with E-state index in [1.54, 1.807) is 15.8 Å². The summed E-state index contributed by atoms with van der Waals surface area (Å²) in [6.45, 7) is 3.58. The number of urea groups is 1. The van der Waals surface area contributed by atoms with E-state index < -0.39 is 11.6 Å². The Morgan fingerprint density at radius 3 is 2.42 bits per heavy atom. The number of hydrogen-bond acceptors (Lipinski definition) is 3. The van der Waals surface area contributed by atoms with Crippen LogP contribution in [0.5, 0.6) is 0 Å². The summed E-state index contributed by atoms with van der Waals surface area (Å²) >= 11 is 0. The van der Waals surface area contributed by atoms with Gasteiger partial charge >= 0.3 is 6.03 Å². The average Bonchev–Trinajstić information content (AvgIpc) is 3.00. The normalized spacial score (nSPS) is 15.3. The third kappa shape index (κ3) is 5.01. The number of halogens is 2. The van der Waals surface area contributed by atoms with Gasteiger partial charge in [0.2, 0.25) is 0 Å². The van der Waals surface area contributed by atoms with Crippen molar-refractivity contribution in [2.45, 2.75) is 13.0 Å². The Balaban J connectivity index is 1.40. The summed E-state index contributed by atoms with van der Waals surface area (Å²) in [6.07, 6.45) is 4.46. The van der Waals surface area contributed by atoms with Gasteiger partial charge in [-0.15, -0.1) is 0 Å². The molecule has 1 aromatic carbocycles. The molecule has 140 valence electrons. The van der Waals surface area contributed by atoms with Crippen molar-refractivity contribution in [3.05, 3.63) is 53.4 Å². The van der Waals surface area contributed by atoms with Crippen LogP contribution >= 0.6 is 0 Å². The quantitative estimate of drug-likeness (QED) is 0.881. The van der Waals surface area contributed by atoms with Crippen molar-refractivity contribution in [3.8, 4) is 0 Å². The van der Waals surface area contributed by atoms with Crippen molar-refractivity contribution < 1.29 is 13.6 Å². The number of rotatable bonds is 5. The summed E-state index contributed by atoms with van der Waals surface area (Å²) in [4.78, 5) is 16.1. The summed E-state index contributed by atoms with van der Waals surface area (Å²) in [5, 5.41) is 7.02. The van der Waals surface area contributed by atoms with Gasteiger partial charge in [0.1, 0.15) is 11.6 Å². The van der Waals surface area contributed by atoms with Crippen LogP contribution in [0.1, 0.15) is 11.1 Å². The lowest BCUT2D eigenvalue weighted by molar-refractivity contribution is 0.135. The Bertz CT molecular complexity index is 736. The second-order valence-corrected chi connectivity index (χ2v) is 6.55. The predicted octanol–water partition coefficient (Wildman–Crippen LogP) is 1.77. The van der Waals surface area contributed by atoms with Gasteiger partial charge in [0.15, 0.2) is 0 Å². The molecule has 0 unspecified atom stereocenters. The molecule has 6 nitrogen and oxygen atoms in total. The molecule has 0 aliphatic carbocycles. The van der Waals surface area contributed by atoms with Crippen LogP contribution in [0.15, 0.2) is 30.6 Å². The van der Waals surface area contributed by atoms with Gasteiger partial charge in [-0.25, -0.2) is 13.6 Å². The van der Waals surface area contributed by atoms with Gasteiger partial charge in [-0.3, -0.25) is 9.58 Å². The molecule has 0 atom stereocenters. The van der Waals surface area contributed by atoms with E-state index in [1.165, 1.54) is 12.1 Å². The smallest absolute Gasteiger partial charge is 0.317 e. The lowest BCUT2D eigenvalue weighted by Crippen LogP contribution is -2.51. The third-order valence-corrected chi connectivity index (χ3v) is 4.44. The first-order valence-corrected chi connectivity index (χ1v) is 8.67. The summed E-state index contributed by atoms with van der Waals surface area (Å²) in [6, 6.07) is 3.49. The second kappa shape index (κ2) is 8.27. The largest absolute Gasteiger partial charge is 0.338 e. The molecule has 2 amide bonds. The van der Waals surface area contributed by atoms with E-state index in [4.69, 9.17) is 0 Å². The Morgan fingerprint density at radius 1 is 1.12 bits per heavy atom. The van der Waals surface area contributed by atoms with Crippen LogP contribution in [0.4, 0.5) is 13.6 Å². The third-order valence-electron chi connectivity index (χ3n) is 4.44. The summed E-state index contributed by atoms with van der Waals surface area (Å²) in [5.74, 6) is -1.13. The van der Waals surface area contributed by atoms with Crippen LogP contribution in [-0.4, -0.2) is 58.3 Å². The molecule has 8 heteroatoms. The maximum atomic E-state index is 13.3. The second-order valence-electron chi connectivity index (χ2n) is 6.55. The molecule has 2 heterocycles. The molecule has 1 aliphatic heterocycles. The Morgan fingerprint density at radius 2 is 1.81 bits per heavy atom. The number of hydrogen-bond donors (Lipinski definition) is 1. The van der Waals surface area contributed by atoms with E-state index in [2.05, 4.69) is 15.3 Å². The number of aromatic nitrogens is 2. The molecule has 0 radical (unpaired) electrons.